The van der Waals surface area contributed by atoms with E-state index in [2.05, 4.69) is 15.9 Å². The molecule has 1 aliphatic heterocycles. The zero-order chi connectivity index (χ0) is 19.8. The largest absolute Gasteiger partial charge is 0.479 e. The van der Waals surface area contributed by atoms with E-state index in [4.69, 9.17) is 15.2 Å². The fraction of sp³-hybridized carbons (Fsp3) is 0.150. The van der Waals surface area contributed by atoms with Crippen LogP contribution in [0.15, 0.2) is 52.3 Å². The third kappa shape index (κ3) is 3.62. The molecule has 0 aliphatic carbocycles. The van der Waals surface area contributed by atoms with Gasteiger partial charge in [0.2, 0.25) is 5.91 Å². The van der Waals surface area contributed by atoms with Crippen molar-refractivity contribution in [3.05, 3.63) is 68.3 Å². The van der Waals surface area contributed by atoms with E-state index in [1.54, 1.807) is 24.3 Å². The first-order valence-corrected chi connectivity index (χ1v) is 9.94. The Kier molecular flexibility index (Phi) is 5.07. The number of hydrogen-bond acceptors (Lipinski definition) is 4. The first-order chi connectivity index (χ1) is 13.4. The second kappa shape index (κ2) is 7.52. The topological polar surface area (TPSA) is 61.6 Å². The van der Waals surface area contributed by atoms with Crippen molar-refractivity contribution in [2.45, 2.75) is 19.1 Å². The van der Waals surface area contributed by atoms with E-state index in [-0.39, 0.29) is 12.2 Å². The van der Waals surface area contributed by atoms with Crippen molar-refractivity contribution in [1.29, 1.82) is 0 Å². The number of benzene rings is 2. The Morgan fingerprint density at radius 3 is 2.75 bits per heavy atom. The fourth-order valence-corrected chi connectivity index (χ4v) is 4.78. The fourth-order valence-electron chi connectivity index (χ4n) is 3.31. The van der Waals surface area contributed by atoms with Gasteiger partial charge in [0, 0.05) is 5.56 Å². The van der Waals surface area contributed by atoms with Gasteiger partial charge in [-0.1, -0.05) is 24.3 Å². The molecule has 4 nitrogen and oxygen atoms in total. The number of alkyl halides is 2. The number of carbonyl (C=O) groups is 1. The molecule has 3 aromatic rings. The highest BCUT2D eigenvalue weighted by Gasteiger charge is 2.31. The van der Waals surface area contributed by atoms with Crippen LogP contribution in [0, 0.1) is 0 Å². The molecule has 28 heavy (non-hydrogen) atoms. The summed E-state index contributed by atoms with van der Waals surface area (Å²) < 4.78 is 37.7. The standard InChI is InChI=1S/C20H14BrF2NO3S/c21-16-7-6-15(28-16)19-12-8-10(9-17(24)25)4-5-11(12)18-13(26-19)2-1-3-14(18)27-20(22)23/h1-8,19-20H,9H2,(H2,24,25). The SMILES string of the molecule is NC(=O)Cc1ccc2c(c1)C(c1ccc(Br)s1)Oc1cccc(OC(F)F)c1-2. The molecule has 0 spiro atoms. The van der Waals surface area contributed by atoms with Gasteiger partial charge in [0.15, 0.2) is 6.10 Å². The number of thiophene rings is 1. The molecule has 4 rings (SSSR count). The second-order valence-electron chi connectivity index (χ2n) is 6.21. The van der Waals surface area contributed by atoms with Crippen molar-refractivity contribution in [2.75, 3.05) is 0 Å². The van der Waals surface area contributed by atoms with Crippen LogP contribution in [0.25, 0.3) is 11.1 Å². The zero-order valence-electron chi connectivity index (χ0n) is 14.3. The lowest BCUT2D eigenvalue weighted by Gasteiger charge is -2.30. The third-order valence-electron chi connectivity index (χ3n) is 4.35. The maximum atomic E-state index is 12.9. The number of primary amides is 1. The van der Waals surface area contributed by atoms with Gasteiger partial charge in [-0.3, -0.25) is 4.79 Å². The van der Waals surface area contributed by atoms with Crippen LogP contribution in [0.5, 0.6) is 11.5 Å². The molecular weight excluding hydrogens is 452 g/mol. The average Bonchev–Trinajstić information content (AvgIpc) is 3.06. The summed E-state index contributed by atoms with van der Waals surface area (Å²) in [4.78, 5) is 12.3. The van der Waals surface area contributed by atoms with E-state index in [0.717, 1.165) is 25.4 Å². The van der Waals surface area contributed by atoms with Gasteiger partial charge >= 0.3 is 6.61 Å². The van der Waals surface area contributed by atoms with Gasteiger partial charge in [-0.15, -0.1) is 11.3 Å². The van der Waals surface area contributed by atoms with Gasteiger partial charge in [-0.05, 0) is 51.3 Å². The van der Waals surface area contributed by atoms with Crippen LogP contribution in [-0.4, -0.2) is 12.5 Å². The molecule has 0 saturated carbocycles. The molecule has 1 amide bonds. The molecule has 2 aromatic carbocycles. The highest BCUT2D eigenvalue weighted by molar-refractivity contribution is 9.11. The number of ether oxygens (including phenoxy) is 2. The number of amides is 1. The molecule has 2 N–H and O–H groups in total. The Morgan fingerprint density at radius 2 is 2.07 bits per heavy atom. The maximum absolute atomic E-state index is 12.9. The van der Waals surface area contributed by atoms with Crippen LogP contribution in [0.3, 0.4) is 0 Å². The Balaban J connectivity index is 1.90. The maximum Gasteiger partial charge on any atom is 0.387 e. The van der Waals surface area contributed by atoms with E-state index in [9.17, 15) is 13.6 Å². The number of halogens is 3. The van der Waals surface area contributed by atoms with Gasteiger partial charge in [0.1, 0.15) is 11.5 Å². The minimum atomic E-state index is -2.95. The van der Waals surface area contributed by atoms with Crippen molar-refractivity contribution >= 4 is 33.2 Å². The van der Waals surface area contributed by atoms with Crippen LogP contribution in [-0.2, 0) is 11.2 Å². The quantitative estimate of drug-likeness (QED) is 0.556. The number of carbonyl (C=O) groups excluding carboxylic acids is 1. The Hall–Kier alpha value is -2.45. The first-order valence-electron chi connectivity index (χ1n) is 8.33. The zero-order valence-corrected chi connectivity index (χ0v) is 16.7. The highest BCUT2D eigenvalue weighted by atomic mass is 79.9. The second-order valence-corrected chi connectivity index (χ2v) is 8.71. The number of nitrogens with two attached hydrogens (primary N) is 1. The van der Waals surface area contributed by atoms with Crippen LogP contribution in [0.4, 0.5) is 8.78 Å². The molecule has 1 atom stereocenters. The van der Waals surface area contributed by atoms with Gasteiger partial charge < -0.3 is 15.2 Å². The van der Waals surface area contributed by atoms with Crippen LogP contribution in [0.2, 0.25) is 0 Å². The molecule has 0 radical (unpaired) electrons. The normalized spacial score (nSPS) is 14.9. The molecule has 1 aromatic heterocycles. The minimum absolute atomic E-state index is 0.0437. The molecule has 1 unspecified atom stereocenters. The summed E-state index contributed by atoms with van der Waals surface area (Å²) in [5.74, 6) is 0.0549. The molecule has 144 valence electrons. The van der Waals surface area contributed by atoms with Crippen molar-refractivity contribution < 1.29 is 23.0 Å². The van der Waals surface area contributed by atoms with Gasteiger partial charge in [-0.25, -0.2) is 0 Å². The van der Waals surface area contributed by atoms with Crippen molar-refractivity contribution in [3.8, 4) is 22.6 Å². The smallest absolute Gasteiger partial charge is 0.387 e. The lowest BCUT2D eigenvalue weighted by Crippen LogP contribution is -2.18. The van der Waals surface area contributed by atoms with E-state index in [1.807, 2.05) is 18.2 Å². The first kappa shape index (κ1) is 18.9. The van der Waals surface area contributed by atoms with Crippen molar-refractivity contribution in [3.63, 3.8) is 0 Å². The molecule has 0 fully saturated rings. The predicted molar refractivity (Wildman–Crippen MR) is 106 cm³/mol. The van der Waals surface area contributed by atoms with E-state index in [1.165, 1.54) is 17.4 Å². The van der Waals surface area contributed by atoms with Gasteiger partial charge in [-0.2, -0.15) is 8.78 Å². The highest BCUT2D eigenvalue weighted by Crippen LogP contribution is 2.50. The van der Waals surface area contributed by atoms with E-state index >= 15 is 0 Å². The minimum Gasteiger partial charge on any atom is -0.479 e. The summed E-state index contributed by atoms with van der Waals surface area (Å²) in [6.07, 6.45) is -0.357. The Labute approximate surface area is 172 Å². The molecule has 0 bridgehead atoms. The summed E-state index contributed by atoms with van der Waals surface area (Å²) in [7, 11) is 0. The van der Waals surface area contributed by atoms with E-state index in [0.29, 0.717) is 11.3 Å². The van der Waals surface area contributed by atoms with Crippen molar-refractivity contribution in [2.24, 2.45) is 5.73 Å². The lowest BCUT2D eigenvalue weighted by atomic mass is 9.89. The summed E-state index contributed by atoms with van der Waals surface area (Å²) in [6, 6.07) is 14.1. The summed E-state index contributed by atoms with van der Waals surface area (Å²) in [5, 5.41) is 0. The number of rotatable bonds is 5. The third-order valence-corrected chi connectivity index (χ3v) is 6.01. The predicted octanol–water partition coefficient (Wildman–Crippen LogP) is 5.29. The van der Waals surface area contributed by atoms with Gasteiger partial charge in [0.25, 0.3) is 0 Å². The van der Waals surface area contributed by atoms with Crippen LogP contribution in [0.1, 0.15) is 22.1 Å². The number of hydrogen-bond donors (Lipinski definition) is 1. The van der Waals surface area contributed by atoms with Crippen molar-refractivity contribution in [1.82, 2.24) is 0 Å². The number of fused-ring (bicyclic) bond motifs is 3. The molecule has 1 aliphatic rings. The summed E-state index contributed by atoms with van der Waals surface area (Å²) in [6.45, 7) is -2.95. The summed E-state index contributed by atoms with van der Waals surface area (Å²) >= 11 is 4.97. The monoisotopic (exact) mass is 465 g/mol. The lowest BCUT2D eigenvalue weighted by molar-refractivity contribution is -0.117. The summed E-state index contributed by atoms with van der Waals surface area (Å²) in [5.41, 5.74) is 8.02. The van der Waals surface area contributed by atoms with E-state index < -0.39 is 18.6 Å². The Morgan fingerprint density at radius 1 is 1.25 bits per heavy atom. The molecule has 8 heteroatoms. The van der Waals surface area contributed by atoms with Crippen LogP contribution >= 0.6 is 27.3 Å². The Bertz CT molecular complexity index is 1050. The molecule has 2 heterocycles. The van der Waals surface area contributed by atoms with Crippen LogP contribution < -0.4 is 15.2 Å². The van der Waals surface area contributed by atoms with Gasteiger partial charge in [0.05, 0.1) is 20.6 Å². The average molecular weight is 466 g/mol. The molecular formula is C20H14BrF2NO3S. The molecule has 0 saturated heterocycles.